The van der Waals surface area contributed by atoms with E-state index in [-0.39, 0.29) is 0 Å². The second-order valence-electron chi connectivity index (χ2n) is 2.39. The van der Waals surface area contributed by atoms with Gasteiger partial charge in [0, 0.05) is 6.07 Å². The Morgan fingerprint density at radius 2 is 1.77 bits per heavy atom. The van der Waals surface area contributed by atoms with Crippen molar-refractivity contribution >= 4 is 5.69 Å². The van der Waals surface area contributed by atoms with E-state index in [9.17, 15) is 17.6 Å². The van der Waals surface area contributed by atoms with E-state index < -0.39 is 29.0 Å². The molecule has 0 saturated heterocycles. The topological polar surface area (TPSA) is 46.2 Å². The monoisotopic (exact) mass is 195 g/mol. The highest BCUT2D eigenvalue weighted by Crippen LogP contribution is 2.35. The molecule has 3 N–H and O–H groups in total. The largest absolute Gasteiger partial charge is 0.506 e. The number of halogens is 4. The van der Waals surface area contributed by atoms with Gasteiger partial charge in [-0.05, 0) is 6.07 Å². The van der Waals surface area contributed by atoms with Crippen LogP contribution in [0.4, 0.5) is 23.2 Å². The van der Waals surface area contributed by atoms with Gasteiger partial charge in [0.15, 0.2) is 0 Å². The molecule has 1 aromatic carbocycles. The summed E-state index contributed by atoms with van der Waals surface area (Å²) in [5, 5.41) is 8.76. The second-order valence-corrected chi connectivity index (χ2v) is 2.39. The van der Waals surface area contributed by atoms with Crippen LogP contribution in [0.3, 0.4) is 0 Å². The van der Waals surface area contributed by atoms with Crippen LogP contribution < -0.4 is 5.73 Å². The molecule has 0 saturated carbocycles. The van der Waals surface area contributed by atoms with Gasteiger partial charge < -0.3 is 10.8 Å². The minimum absolute atomic E-state index is 0.332. The molecule has 0 unspecified atom stereocenters. The van der Waals surface area contributed by atoms with Crippen molar-refractivity contribution in [2.45, 2.75) is 6.18 Å². The molecule has 0 spiro atoms. The fourth-order valence-electron chi connectivity index (χ4n) is 0.797. The number of aromatic hydroxyl groups is 1. The fourth-order valence-corrected chi connectivity index (χ4v) is 0.797. The van der Waals surface area contributed by atoms with Crippen molar-refractivity contribution in [1.82, 2.24) is 0 Å². The number of anilines is 1. The molecule has 0 aliphatic rings. The molecule has 0 atom stereocenters. The summed E-state index contributed by atoms with van der Waals surface area (Å²) in [4.78, 5) is 0. The van der Waals surface area contributed by atoms with Gasteiger partial charge >= 0.3 is 6.18 Å². The average Bonchev–Trinajstić information content (AvgIpc) is 1.94. The minimum Gasteiger partial charge on any atom is -0.506 e. The molecule has 1 aromatic rings. The third kappa shape index (κ3) is 1.82. The molecule has 0 heterocycles. The SMILES string of the molecule is Nc1cc(C(F)(F)F)c(F)cc1O. The Morgan fingerprint density at radius 3 is 2.23 bits per heavy atom. The molecule has 0 aliphatic heterocycles. The van der Waals surface area contributed by atoms with Crippen LogP contribution >= 0.6 is 0 Å². The van der Waals surface area contributed by atoms with E-state index in [1.54, 1.807) is 0 Å². The number of hydrogen-bond donors (Lipinski definition) is 2. The maximum atomic E-state index is 12.6. The Labute approximate surface area is 70.6 Å². The number of phenolic OH excluding ortho intramolecular Hbond substituents is 1. The van der Waals surface area contributed by atoms with Crippen LogP contribution in [-0.4, -0.2) is 5.11 Å². The van der Waals surface area contributed by atoms with Gasteiger partial charge in [0.05, 0.1) is 11.3 Å². The van der Waals surface area contributed by atoms with Gasteiger partial charge in [-0.25, -0.2) is 4.39 Å². The molecule has 0 amide bonds. The van der Waals surface area contributed by atoms with Crippen molar-refractivity contribution in [3.63, 3.8) is 0 Å². The summed E-state index contributed by atoms with van der Waals surface area (Å²) in [5.41, 5.74) is 2.98. The molecular formula is C7H5F4NO. The fraction of sp³-hybridized carbons (Fsp3) is 0.143. The van der Waals surface area contributed by atoms with Gasteiger partial charge in [-0.1, -0.05) is 0 Å². The van der Waals surface area contributed by atoms with Gasteiger partial charge in [-0.3, -0.25) is 0 Å². The van der Waals surface area contributed by atoms with Crippen LogP contribution in [-0.2, 0) is 6.18 Å². The zero-order valence-electron chi connectivity index (χ0n) is 6.19. The Morgan fingerprint density at radius 1 is 1.23 bits per heavy atom. The van der Waals surface area contributed by atoms with E-state index in [4.69, 9.17) is 10.8 Å². The summed E-state index contributed by atoms with van der Waals surface area (Å²) in [6, 6.07) is 0.683. The first-order valence-electron chi connectivity index (χ1n) is 3.17. The van der Waals surface area contributed by atoms with Crippen molar-refractivity contribution in [3.8, 4) is 5.75 Å². The summed E-state index contributed by atoms with van der Waals surface area (Å²) >= 11 is 0. The quantitative estimate of drug-likeness (QED) is 0.378. The van der Waals surface area contributed by atoms with Gasteiger partial charge in [0.1, 0.15) is 11.6 Å². The molecule has 0 bridgehead atoms. The van der Waals surface area contributed by atoms with E-state index in [0.717, 1.165) is 0 Å². The molecular weight excluding hydrogens is 190 g/mol. The number of alkyl halides is 3. The summed E-state index contributed by atoms with van der Waals surface area (Å²) in [5.74, 6) is -2.25. The van der Waals surface area contributed by atoms with Crippen LogP contribution in [0, 0.1) is 5.82 Å². The highest BCUT2D eigenvalue weighted by Gasteiger charge is 2.34. The van der Waals surface area contributed by atoms with Crippen molar-refractivity contribution in [2.75, 3.05) is 5.73 Å². The molecule has 0 aromatic heterocycles. The van der Waals surface area contributed by atoms with E-state index in [1.807, 2.05) is 0 Å². The van der Waals surface area contributed by atoms with Gasteiger partial charge in [-0.2, -0.15) is 13.2 Å². The van der Waals surface area contributed by atoms with Crippen molar-refractivity contribution in [1.29, 1.82) is 0 Å². The van der Waals surface area contributed by atoms with Crippen LogP contribution in [0.25, 0.3) is 0 Å². The smallest absolute Gasteiger partial charge is 0.419 e. The van der Waals surface area contributed by atoms with Crippen LogP contribution in [0.15, 0.2) is 12.1 Å². The highest BCUT2D eigenvalue weighted by molar-refractivity contribution is 5.54. The number of rotatable bonds is 0. The lowest BCUT2D eigenvalue weighted by molar-refractivity contribution is -0.139. The van der Waals surface area contributed by atoms with Gasteiger partial charge in [-0.15, -0.1) is 0 Å². The number of phenols is 1. The lowest BCUT2D eigenvalue weighted by Gasteiger charge is -2.09. The third-order valence-corrected chi connectivity index (χ3v) is 1.42. The first kappa shape index (κ1) is 9.63. The molecule has 72 valence electrons. The maximum absolute atomic E-state index is 12.6. The Kier molecular flexibility index (Phi) is 2.07. The zero-order chi connectivity index (χ0) is 10.2. The molecule has 1 rings (SSSR count). The Bertz CT molecular complexity index is 334. The van der Waals surface area contributed by atoms with Crippen molar-refractivity contribution in [2.24, 2.45) is 0 Å². The number of hydrogen-bond acceptors (Lipinski definition) is 2. The average molecular weight is 195 g/mol. The Balaban J connectivity index is 3.32. The van der Waals surface area contributed by atoms with E-state index in [0.29, 0.717) is 12.1 Å². The van der Waals surface area contributed by atoms with Crippen LogP contribution in [0.1, 0.15) is 5.56 Å². The lowest BCUT2D eigenvalue weighted by Crippen LogP contribution is -2.08. The summed E-state index contributed by atoms with van der Waals surface area (Å²) in [6.07, 6.45) is -4.80. The third-order valence-electron chi connectivity index (χ3n) is 1.42. The first-order chi connectivity index (χ1) is 5.82. The molecule has 0 fully saturated rings. The van der Waals surface area contributed by atoms with Crippen LogP contribution in [0.5, 0.6) is 5.75 Å². The minimum atomic E-state index is -4.80. The number of nitrogen functional groups attached to an aromatic ring is 1. The lowest BCUT2D eigenvalue weighted by atomic mass is 10.1. The molecule has 0 aliphatic carbocycles. The maximum Gasteiger partial charge on any atom is 0.419 e. The zero-order valence-corrected chi connectivity index (χ0v) is 6.19. The van der Waals surface area contributed by atoms with E-state index in [2.05, 4.69) is 0 Å². The number of benzene rings is 1. The summed E-state index contributed by atoms with van der Waals surface area (Å²) < 4.78 is 48.5. The van der Waals surface area contributed by atoms with E-state index in [1.165, 1.54) is 0 Å². The normalized spacial score (nSPS) is 11.7. The van der Waals surface area contributed by atoms with Crippen molar-refractivity contribution in [3.05, 3.63) is 23.5 Å². The standard InChI is InChI=1S/C7H5F4NO/c8-4-2-6(13)5(12)1-3(4)7(9,10)11/h1-2,13H,12H2. The van der Waals surface area contributed by atoms with Gasteiger partial charge in [0.2, 0.25) is 0 Å². The van der Waals surface area contributed by atoms with Crippen molar-refractivity contribution < 1.29 is 22.7 Å². The summed E-state index contributed by atoms with van der Waals surface area (Å²) in [6.45, 7) is 0. The van der Waals surface area contributed by atoms with E-state index >= 15 is 0 Å². The summed E-state index contributed by atoms with van der Waals surface area (Å²) in [7, 11) is 0. The van der Waals surface area contributed by atoms with Crippen LogP contribution in [0.2, 0.25) is 0 Å². The second kappa shape index (κ2) is 2.79. The molecule has 6 heteroatoms. The predicted molar refractivity (Wildman–Crippen MR) is 37.5 cm³/mol. The highest BCUT2D eigenvalue weighted by atomic mass is 19.4. The van der Waals surface area contributed by atoms with Gasteiger partial charge in [0.25, 0.3) is 0 Å². The first-order valence-corrected chi connectivity index (χ1v) is 3.17. The predicted octanol–water partition coefficient (Wildman–Crippen LogP) is 2.13. The molecule has 2 nitrogen and oxygen atoms in total. The molecule has 0 radical (unpaired) electrons. The molecule has 13 heavy (non-hydrogen) atoms. The Hall–Kier alpha value is -1.46. The number of nitrogens with two attached hydrogens (primary N) is 1.